The molecule has 0 aliphatic carbocycles. The van der Waals surface area contributed by atoms with Gasteiger partial charge in [-0.1, -0.05) is 46.3 Å². The molecular weight excluding hydrogens is 400 g/mol. The van der Waals surface area contributed by atoms with Crippen molar-refractivity contribution < 1.29 is 4.79 Å². The zero-order valence-corrected chi connectivity index (χ0v) is 17.2. The molecule has 0 spiro atoms. The molecule has 0 saturated carbocycles. The van der Waals surface area contributed by atoms with Gasteiger partial charge in [-0.15, -0.1) is 0 Å². The van der Waals surface area contributed by atoms with Crippen LogP contribution in [0.1, 0.15) is 43.5 Å². The van der Waals surface area contributed by atoms with Gasteiger partial charge in [0.25, 0.3) is 5.91 Å². The molecule has 1 aliphatic rings. The van der Waals surface area contributed by atoms with Gasteiger partial charge in [0, 0.05) is 27.5 Å². The van der Waals surface area contributed by atoms with Gasteiger partial charge in [0.15, 0.2) is 0 Å². The van der Waals surface area contributed by atoms with Crippen molar-refractivity contribution in [1.82, 2.24) is 9.88 Å². The highest BCUT2D eigenvalue weighted by atomic mass is 79.9. The van der Waals surface area contributed by atoms with Crippen LogP contribution >= 0.6 is 15.9 Å². The number of aromatic nitrogens is 1. The van der Waals surface area contributed by atoms with E-state index < -0.39 is 0 Å². The van der Waals surface area contributed by atoms with Crippen LogP contribution in [0.4, 0.5) is 0 Å². The Labute approximate surface area is 168 Å². The second-order valence-corrected chi connectivity index (χ2v) is 8.34. The quantitative estimate of drug-likeness (QED) is 0.502. The van der Waals surface area contributed by atoms with Crippen LogP contribution in [-0.4, -0.2) is 27.9 Å². The van der Waals surface area contributed by atoms with E-state index in [1.165, 1.54) is 6.42 Å². The van der Waals surface area contributed by atoms with Crippen LogP contribution in [0.2, 0.25) is 0 Å². The maximum atomic E-state index is 13.6. The standard InChI is InChI=1S/C23H23BrN2O/c1-15-6-5-7-16(2)26(15)23(27)20-14-22(17-10-12-18(24)13-11-17)25-21-9-4-3-8-19(20)21/h3-4,8-16H,5-7H2,1-2H3. The van der Waals surface area contributed by atoms with E-state index in [0.29, 0.717) is 0 Å². The van der Waals surface area contributed by atoms with Crippen molar-refractivity contribution >= 4 is 32.7 Å². The van der Waals surface area contributed by atoms with Crippen molar-refractivity contribution in [3.63, 3.8) is 0 Å². The average Bonchev–Trinajstić information content (AvgIpc) is 2.67. The topological polar surface area (TPSA) is 33.2 Å². The average molecular weight is 423 g/mol. The Morgan fingerprint density at radius 1 is 1.04 bits per heavy atom. The fourth-order valence-corrected chi connectivity index (χ4v) is 4.35. The van der Waals surface area contributed by atoms with Crippen molar-refractivity contribution in [1.29, 1.82) is 0 Å². The van der Waals surface area contributed by atoms with Crippen LogP contribution in [0.5, 0.6) is 0 Å². The first-order chi connectivity index (χ1) is 13.0. The number of rotatable bonds is 2. The van der Waals surface area contributed by atoms with Crippen LogP contribution in [-0.2, 0) is 0 Å². The highest BCUT2D eigenvalue weighted by Gasteiger charge is 2.30. The molecule has 3 nitrogen and oxygen atoms in total. The largest absolute Gasteiger partial charge is 0.333 e. The van der Waals surface area contributed by atoms with Gasteiger partial charge in [0.1, 0.15) is 0 Å². The normalized spacial score (nSPS) is 20.0. The van der Waals surface area contributed by atoms with Gasteiger partial charge < -0.3 is 4.90 Å². The number of likely N-dealkylation sites (tertiary alicyclic amines) is 1. The summed E-state index contributed by atoms with van der Waals surface area (Å²) in [6, 6.07) is 18.5. The lowest BCUT2D eigenvalue weighted by molar-refractivity contribution is 0.0513. The second kappa shape index (κ2) is 7.43. The van der Waals surface area contributed by atoms with E-state index in [2.05, 4.69) is 34.7 Å². The number of benzene rings is 2. The number of amides is 1. The number of fused-ring (bicyclic) bond motifs is 1. The molecule has 1 fully saturated rings. The Morgan fingerprint density at radius 2 is 1.70 bits per heavy atom. The van der Waals surface area contributed by atoms with Crippen LogP contribution in [0, 0.1) is 0 Å². The van der Waals surface area contributed by atoms with Crippen LogP contribution < -0.4 is 0 Å². The third kappa shape index (κ3) is 3.51. The maximum Gasteiger partial charge on any atom is 0.255 e. The smallest absolute Gasteiger partial charge is 0.255 e. The first kappa shape index (κ1) is 18.2. The molecule has 1 amide bonds. The summed E-state index contributed by atoms with van der Waals surface area (Å²) in [5.41, 5.74) is 3.46. The Balaban J connectivity index is 1.85. The molecule has 0 radical (unpaired) electrons. The number of nitrogens with zero attached hydrogens (tertiary/aromatic N) is 2. The molecule has 0 bridgehead atoms. The molecule has 2 unspecified atom stereocenters. The van der Waals surface area contributed by atoms with Gasteiger partial charge in [-0.25, -0.2) is 4.98 Å². The Morgan fingerprint density at radius 3 is 2.41 bits per heavy atom. The van der Waals surface area contributed by atoms with E-state index in [-0.39, 0.29) is 18.0 Å². The first-order valence-electron chi connectivity index (χ1n) is 9.53. The molecule has 1 aliphatic heterocycles. The minimum Gasteiger partial charge on any atom is -0.333 e. The minimum absolute atomic E-state index is 0.117. The summed E-state index contributed by atoms with van der Waals surface area (Å²) in [6.45, 7) is 4.32. The predicted molar refractivity (Wildman–Crippen MR) is 114 cm³/mol. The molecule has 138 valence electrons. The van der Waals surface area contributed by atoms with Gasteiger partial charge >= 0.3 is 0 Å². The van der Waals surface area contributed by atoms with Crippen molar-refractivity contribution in [2.45, 2.75) is 45.2 Å². The molecule has 2 aromatic carbocycles. The van der Waals surface area contributed by atoms with Gasteiger partial charge in [-0.2, -0.15) is 0 Å². The molecular formula is C23H23BrN2O. The number of halogens is 1. The fourth-order valence-electron chi connectivity index (χ4n) is 4.08. The summed E-state index contributed by atoms with van der Waals surface area (Å²) in [5, 5.41) is 0.924. The van der Waals surface area contributed by atoms with Crippen LogP contribution in [0.25, 0.3) is 22.2 Å². The lowest BCUT2D eigenvalue weighted by Crippen LogP contribution is -2.47. The Hall–Kier alpha value is -2.20. The summed E-state index contributed by atoms with van der Waals surface area (Å²) in [6.07, 6.45) is 3.32. The van der Waals surface area contributed by atoms with Crippen molar-refractivity contribution in [3.05, 3.63) is 64.6 Å². The summed E-state index contributed by atoms with van der Waals surface area (Å²) in [7, 11) is 0. The van der Waals surface area contributed by atoms with E-state index in [4.69, 9.17) is 4.98 Å². The van der Waals surface area contributed by atoms with Gasteiger partial charge in [0.2, 0.25) is 0 Å². The third-order valence-corrected chi connectivity index (χ3v) is 6.04. The summed E-state index contributed by atoms with van der Waals surface area (Å²) in [5.74, 6) is 0.117. The third-order valence-electron chi connectivity index (χ3n) is 5.51. The molecule has 4 rings (SSSR count). The molecule has 2 atom stereocenters. The van der Waals surface area contributed by atoms with Crippen molar-refractivity contribution in [2.24, 2.45) is 0 Å². The van der Waals surface area contributed by atoms with Crippen LogP contribution in [0.3, 0.4) is 0 Å². The molecule has 4 heteroatoms. The number of hydrogen-bond donors (Lipinski definition) is 0. The highest BCUT2D eigenvalue weighted by molar-refractivity contribution is 9.10. The summed E-state index contributed by atoms with van der Waals surface area (Å²) >= 11 is 3.48. The summed E-state index contributed by atoms with van der Waals surface area (Å²) in [4.78, 5) is 20.4. The predicted octanol–water partition coefficient (Wildman–Crippen LogP) is 6.07. The Bertz CT molecular complexity index is 973. The highest BCUT2D eigenvalue weighted by Crippen LogP contribution is 2.30. The number of piperidine rings is 1. The molecule has 1 saturated heterocycles. The van der Waals surface area contributed by atoms with E-state index in [0.717, 1.165) is 45.0 Å². The molecule has 3 aromatic rings. The van der Waals surface area contributed by atoms with Crippen LogP contribution in [0.15, 0.2) is 59.1 Å². The zero-order chi connectivity index (χ0) is 19.0. The molecule has 27 heavy (non-hydrogen) atoms. The van der Waals surface area contributed by atoms with Gasteiger partial charge in [-0.05, 0) is 57.4 Å². The number of pyridine rings is 1. The monoisotopic (exact) mass is 422 g/mol. The lowest BCUT2D eigenvalue weighted by atomic mass is 9.95. The van der Waals surface area contributed by atoms with Crippen molar-refractivity contribution in [2.75, 3.05) is 0 Å². The minimum atomic E-state index is 0.117. The first-order valence-corrected chi connectivity index (χ1v) is 10.3. The molecule has 2 heterocycles. The number of carbonyl (C=O) groups is 1. The van der Waals surface area contributed by atoms with E-state index in [1.54, 1.807) is 0 Å². The van der Waals surface area contributed by atoms with E-state index in [1.807, 2.05) is 54.6 Å². The van der Waals surface area contributed by atoms with Gasteiger partial charge in [0.05, 0.1) is 16.8 Å². The number of hydrogen-bond acceptors (Lipinski definition) is 2. The molecule has 1 aromatic heterocycles. The fraction of sp³-hybridized carbons (Fsp3) is 0.304. The Kier molecular flexibility index (Phi) is 5.00. The number of para-hydroxylation sites is 1. The second-order valence-electron chi connectivity index (χ2n) is 7.42. The number of carbonyl (C=O) groups excluding carboxylic acids is 1. The maximum absolute atomic E-state index is 13.6. The van der Waals surface area contributed by atoms with E-state index in [9.17, 15) is 4.79 Å². The van der Waals surface area contributed by atoms with Crippen molar-refractivity contribution in [3.8, 4) is 11.3 Å². The van der Waals surface area contributed by atoms with E-state index >= 15 is 0 Å². The zero-order valence-electron chi connectivity index (χ0n) is 15.7. The molecule has 0 N–H and O–H groups in total. The van der Waals surface area contributed by atoms with Gasteiger partial charge in [-0.3, -0.25) is 4.79 Å². The summed E-state index contributed by atoms with van der Waals surface area (Å²) < 4.78 is 1.03. The lowest BCUT2D eigenvalue weighted by Gasteiger charge is -2.39. The SMILES string of the molecule is CC1CCCC(C)N1C(=O)c1cc(-c2ccc(Br)cc2)nc2ccccc12.